The van der Waals surface area contributed by atoms with Crippen LogP contribution in [0.25, 0.3) is 0 Å². The van der Waals surface area contributed by atoms with E-state index in [1.165, 1.54) is 7.11 Å². The van der Waals surface area contributed by atoms with Crippen LogP contribution in [0.2, 0.25) is 0 Å². The maximum Gasteiger partial charge on any atom is 0.409 e. The number of benzene rings is 1. The average Bonchev–Trinajstić information content (AvgIpc) is 2.36. The van der Waals surface area contributed by atoms with Crippen LogP contribution < -0.4 is 5.32 Å². The third kappa shape index (κ3) is 5.31. The Bertz CT molecular complexity index is 393. The van der Waals surface area contributed by atoms with Gasteiger partial charge in [-0.15, -0.1) is 0 Å². The molecule has 0 aliphatic heterocycles. The second kappa shape index (κ2) is 7.29. The molecule has 1 amide bonds. The number of hydrogen-bond acceptors (Lipinski definition) is 4. The van der Waals surface area contributed by atoms with Crippen LogP contribution in [0.1, 0.15) is 12.0 Å². The molecular weight excluding hydrogens is 238 g/mol. The summed E-state index contributed by atoms with van der Waals surface area (Å²) >= 11 is 0. The highest BCUT2D eigenvalue weighted by molar-refractivity contribution is 5.70. The van der Waals surface area contributed by atoms with Crippen LogP contribution in [-0.2, 0) is 20.9 Å². The number of ether oxygens (including phenoxy) is 2. The fourth-order valence-electron chi connectivity index (χ4n) is 1.25. The number of amides is 1. The monoisotopic (exact) mass is 253 g/mol. The van der Waals surface area contributed by atoms with Crippen LogP contribution in [0, 0.1) is 0 Å². The summed E-state index contributed by atoms with van der Waals surface area (Å²) < 4.78 is 9.71. The van der Waals surface area contributed by atoms with Crippen molar-refractivity contribution >= 4 is 12.1 Å². The molecular formula is C12H15NO5. The van der Waals surface area contributed by atoms with Crippen molar-refractivity contribution in [3.05, 3.63) is 35.9 Å². The minimum absolute atomic E-state index is 0.121. The molecule has 1 rings (SSSR count). The number of carbonyl (C=O) groups excluding carboxylic acids is 1. The molecule has 6 heteroatoms. The summed E-state index contributed by atoms with van der Waals surface area (Å²) in [6, 6.07) is 9.16. The quantitative estimate of drug-likeness (QED) is 0.748. The third-order valence-electron chi connectivity index (χ3n) is 2.14. The number of nitrogens with one attached hydrogen (secondary N) is 1. The lowest BCUT2D eigenvalue weighted by molar-refractivity contribution is -0.140. The first-order valence-corrected chi connectivity index (χ1v) is 5.33. The number of hydrogen-bond donors (Lipinski definition) is 2. The van der Waals surface area contributed by atoms with Crippen LogP contribution in [0.15, 0.2) is 30.3 Å². The standard InChI is InChI=1S/C12H15NO5/c1-17-10(7-11(14)15)13-12(16)18-8-9-5-3-2-4-6-9/h2-6,10H,7-8H2,1H3,(H,13,16)(H,14,15). The number of carboxylic acids is 1. The van der Waals surface area contributed by atoms with Crippen LogP contribution in [0.4, 0.5) is 4.79 Å². The predicted molar refractivity (Wildman–Crippen MR) is 62.8 cm³/mol. The van der Waals surface area contributed by atoms with Gasteiger partial charge in [-0.05, 0) is 5.56 Å². The zero-order valence-corrected chi connectivity index (χ0v) is 9.96. The van der Waals surface area contributed by atoms with E-state index >= 15 is 0 Å². The second-order valence-corrected chi connectivity index (χ2v) is 3.53. The van der Waals surface area contributed by atoms with Crippen molar-refractivity contribution in [2.24, 2.45) is 0 Å². The molecule has 0 saturated heterocycles. The van der Waals surface area contributed by atoms with Gasteiger partial charge in [0.1, 0.15) is 12.8 Å². The largest absolute Gasteiger partial charge is 0.481 e. The van der Waals surface area contributed by atoms with E-state index in [1.54, 1.807) is 0 Å². The van der Waals surface area contributed by atoms with Gasteiger partial charge in [0.2, 0.25) is 0 Å². The minimum Gasteiger partial charge on any atom is -0.481 e. The zero-order valence-electron chi connectivity index (χ0n) is 9.96. The molecule has 1 aromatic carbocycles. The smallest absolute Gasteiger partial charge is 0.409 e. The van der Waals surface area contributed by atoms with Crippen LogP contribution in [0.5, 0.6) is 0 Å². The summed E-state index contributed by atoms with van der Waals surface area (Å²) in [4.78, 5) is 21.8. The molecule has 1 unspecified atom stereocenters. The van der Waals surface area contributed by atoms with E-state index in [1.807, 2.05) is 30.3 Å². The van der Waals surface area contributed by atoms with Gasteiger partial charge in [0, 0.05) is 7.11 Å². The minimum atomic E-state index is -1.06. The van der Waals surface area contributed by atoms with Gasteiger partial charge in [0.15, 0.2) is 0 Å². The Morgan fingerprint density at radius 2 is 2.00 bits per heavy atom. The molecule has 98 valence electrons. The summed E-state index contributed by atoms with van der Waals surface area (Å²) in [5.74, 6) is -1.06. The Kier molecular flexibility index (Phi) is 5.66. The molecule has 6 nitrogen and oxygen atoms in total. The van der Waals surface area contributed by atoms with Gasteiger partial charge in [-0.2, -0.15) is 0 Å². The lowest BCUT2D eigenvalue weighted by Gasteiger charge is -2.14. The number of methoxy groups -OCH3 is 1. The third-order valence-corrected chi connectivity index (χ3v) is 2.14. The summed E-state index contributed by atoms with van der Waals surface area (Å²) in [6.45, 7) is 0.121. The van der Waals surface area contributed by atoms with E-state index in [9.17, 15) is 9.59 Å². The van der Waals surface area contributed by atoms with Crippen LogP contribution >= 0.6 is 0 Å². The highest BCUT2D eigenvalue weighted by atomic mass is 16.6. The Labute approximate surface area is 105 Å². The molecule has 0 aliphatic rings. The predicted octanol–water partition coefficient (Wildman–Crippen LogP) is 1.36. The molecule has 0 aromatic heterocycles. The van der Waals surface area contributed by atoms with Crippen molar-refractivity contribution in [1.29, 1.82) is 0 Å². The van der Waals surface area contributed by atoms with Gasteiger partial charge in [-0.25, -0.2) is 4.79 Å². The molecule has 0 spiro atoms. The first kappa shape index (κ1) is 14.0. The molecule has 2 N–H and O–H groups in total. The highest BCUT2D eigenvalue weighted by Gasteiger charge is 2.15. The second-order valence-electron chi connectivity index (χ2n) is 3.53. The van der Waals surface area contributed by atoms with E-state index in [4.69, 9.17) is 14.6 Å². The van der Waals surface area contributed by atoms with E-state index in [0.29, 0.717) is 0 Å². The molecule has 1 aromatic rings. The van der Waals surface area contributed by atoms with Crippen molar-refractivity contribution in [2.45, 2.75) is 19.3 Å². The van der Waals surface area contributed by atoms with Gasteiger partial charge in [-0.3, -0.25) is 10.1 Å². The molecule has 0 heterocycles. The Balaban J connectivity index is 2.34. The van der Waals surface area contributed by atoms with Crippen molar-refractivity contribution in [1.82, 2.24) is 5.32 Å². The Hall–Kier alpha value is -2.08. The van der Waals surface area contributed by atoms with E-state index in [0.717, 1.165) is 5.56 Å². The molecule has 1 atom stereocenters. The molecule has 0 fully saturated rings. The van der Waals surface area contributed by atoms with E-state index < -0.39 is 18.3 Å². The number of carbonyl (C=O) groups is 2. The van der Waals surface area contributed by atoms with Gasteiger partial charge in [0.05, 0.1) is 6.42 Å². The van der Waals surface area contributed by atoms with E-state index in [2.05, 4.69) is 5.32 Å². The van der Waals surface area contributed by atoms with Crippen LogP contribution in [0.3, 0.4) is 0 Å². The lowest BCUT2D eigenvalue weighted by atomic mass is 10.2. The number of alkyl carbamates (subject to hydrolysis) is 1. The normalized spacial score (nSPS) is 11.6. The summed E-state index contributed by atoms with van der Waals surface area (Å²) in [6.07, 6.45) is -1.94. The van der Waals surface area contributed by atoms with Gasteiger partial charge in [0.25, 0.3) is 0 Å². The molecule has 18 heavy (non-hydrogen) atoms. The van der Waals surface area contributed by atoms with Crippen molar-refractivity contribution in [3.8, 4) is 0 Å². The fourth-order valence-corrected chi connectivity index (χ4v) is 1.25. The number of rotatable bonds is 6. The molecule has 0 bridgehead atoms. The van der Waals surface area contributed by atoms with Crippen LogP contribution in [-0.4, -0.2) is 30.5 Å². The Morgan fingerprint density at radius 1 is 1.33 bits per heavy atom. The van der Waals surface area contributed by atoms with Crippen molar-refractivity contribution in [2.75, 3.05) is 7.11 Å². The molecule has 0 radical (unpaired) electrons. The first-order valence-electron chi connectivity index (χ1n) is 5.33. The maximum absolute atomic E-state index is 11.4. The van der Waals surface area contributed by atoms with Crippen molar-refractivity contribution < 1.29 is 24.2 Å². The van der Waals surface area contributed by atoms with Gasteiger partial charge in [-0.1, -0.05) is 30.3 Å². The fraction of sp³-hybridized carbons (Fsp3) is 0.333. The SMILES string of the molecule is COC(CC(=O)O)NC(=O)OCc1ccccc1. The topological polar surface area (TPSA) is 84.9 Å². The highest BCUT2D eigenvalue weighted by Crippen LogP contribution is 2.01. The maximum atomic E-state index is 11.4. The van der Waals surface area contributed by atoms with Crippen molar-refractivity contribution in [3.63, 3.8) is 0 Å². The average molecular weight is 253 g/mol. The van der Waals surface area contributed by atoms with Gasteiger partial charge >= 0.3 is 12.1 Å². The number of carboxylic acid groups (broad SMARTS) is 1. The summed E-state index contributed by atoms with van der Waals surface area (Å²) in [5, 5.41) is 10.9. The summed E-state index contributed by atoms with van der Waals surface area (Å²) in [5.41, 5.74) is 0.847. The first-order chi connectivity index (χ1) is 8.61. The zero-order chi connectivity index (χ0) is 13.4. The Morgan fingerprint density at radius 3 is 2.56 bits per heavy atom. The molecule has 0 aliphatic carbocycles. The van der Waals surface area contributed by atoms with Gasteiger partial charge < -0.3 is 14.6 Å². The summed E-state index contributed by atoms with van der Waals surface area (Å²) in [7, 11) is 1.31. The van der Waals surface area contributed by atoms with E-state index in [-0.39, 0.29) is 13.0 Å². The molecule has 0 saturated carbocycles. The lowest BCUT2D eigenvalue weighted by Crippen LogP contribution is -2.38. The number of aliphatic carboxylic acids is 1.